The van der Waals surface area contributed by atoms with Crippen LogP contribution >= 0.6 is 12.2 Å². The summed E-state index contributed by atoms with van der Waals surface area (Å²) in [6, 6.07) is 20.9. The third-order valence-electron chi connectivity index (χ3n) is 3.15. The highest BCUT2D eigenvalue weighted by molar-refractivity contribution is 7.80. The van der Waals surface area contributed by atoms with Crippen LogP contribution in [0.2, 0.25) is 0 Å². The van der Waals surface area contributed by atoms with Gasteiger partial charge in [-0.15, -0.1) is 0 Å². The minimum absolute atomic E-state index is 0.127. The molecule has 2 nitrogen and oxygen atoms in total. The Morgan fingerprint density at radius 3 is 1.74 bits per heavy atom. The van der Waals surface area contributed by atoms with E-state index >= 15 is 0 Å². The van der Waals surface area contributed by atoms with Crippen molar-refractivity contribution in [2.45, 2.75) is 6.04 Å². The van der Waals surface area contributed by atoms with Crippen molar-refractivity contribution in [2.75, 3.05) is 14.1 Å². The van der Waals surface area contributed by atoms with Gasteiger partial charge in [0.2, 0.25) is 0 Å². The van der Waals surface area contributed by atoms with Crippen LogP contribution < -0.4 is 5.32 Å². The van der Waals surface area contributed by atoms with Crippen molar-refractivity contribution in [3.8, 4) is 0 Å². The van der Waals surface area contributed by atoms with Crippen molar-refractivity contribution in [2.24, 2.45) is 0 Å². The van der Waals surface area contributed by atoms with Crippen LogP contribution in [0.3, 0.4) is 0 Å². The second kappa shape index (κ2) is 6.34. The Kier molecular flexibility index (Phi) is 4.53. The van der Waals surface area contributed by atoms with Gasteiger partial charge < -0.3 is 10.2 Å². The molecule has 0 radical (unpaired) electrons. The number of thiocarbonyl (C=S) groups is 1. The van der Waals surface area contributed by atoms with Gasteiger partial charge in [0.05, 0.1) is 6.04 Å². The monoisotopic (exact) mass is 270 g/mol. The average Bonchev–Trinajstić information content (AvgIpc) is 2.49. The molecule has 1 N–H and O–H groups in total. The quantitative estimate of drug-likeness (QED) is 0.862. The van der Waals surface area contributed by atoms with Crippen LogP contribution in [-0.2, 0) is 0 Å². The number of hydrogen-bond acceptors (Lipinski definition) is 1. The average molecular weight is 270 g/mol. The topological polar surface area (TPSA) is 15.3 Å². The first kappa shape index (κ1) is 13.6. The molecule has 0 atom stereocenters. The second-order valence-electron chi connectivity index (χ2n) is 4.39. The molecule has 0 heterocycles. The van der Waals surface area contributed by atoms with E-state index in [2.05, 4.69) is 58.7 Å². The van der Waals surface area contributed by atoms with E-state index in [1.807, 2.05) is 26.2 Å². The molecule has 0 spiro atoms. The van der Waals surface area contributed by atoms with Crippen molar-refractivity contribution in [1.82, 2.24) is 10.2 Å². The molecule has 0 fully saturated rings. The van der Waals surface area contributed by atoms with E-state index in [4.69, 9.17) is 12.2 Å². The SMILES string of the molecule is CNC(=S)N(C)C(c1ccccc1)c1ccccc1. The maximum absolute atomic E-state index is 5.37. The van der Waals surface area contributed by atoms with Crippen molar-refractivity contribution >= 4 is 17.3 Å². The second-order valence-corrected chi connectivity index (χ2v) is 4.78. The molecule has 0 aliphatic rings. The van der Waals surface area contributed by atoms with Gasteiger partial charge in [-0.2, -0.15) is 0 Å². The van der Waals surface area contributed by atoms with Gasteiger partial charge in [0, 0.05) is 14.1 Å². The van der Waals surface area contributed by atoms with Gasteiger partial charge in [0.15, 0.2) is 5.11 Å². The predicted octanol–water partition coefficient (Wildman–Crippen LogP) is 3.21. The minimum Gasteiger partial charge on any atom is -0.366 e. The summed E-state index contributed by atoms with van der Waals surface area (Å²) in [4.78, 5) is 2.08. The molecular formula is C16H18N2S. The van der Waals surface area contributed by atoms with Gasteiger partial charge >= 0.3 is 0 Å². The molecule has 0 amide bonds. The molecule has 0 saturated heterocycles. The van der Waals surface area contributed by atoms with E-state index in [0.29, 0.717) is 0 Å². The first-order chi connectivity index (χ1) is 9.24. The number of hydrogen-bond donors (Lipinski definition) is 1. The number of nitrogens with one attached hydrogen (secondary N) is 1. The van der Waals surface area contributed by atoms with Gasteiger partial charge in [0.25, 0.3) is 0 Å². The van der Waals surface area contributed by atoms with E-state index in [1.54, 1.807) is 0 Å². The molecule has 3 heteroatoms. The lowest BCUT2D eigenvalue weighted by Crippen LogP contribution is -2.38. The predicted molar refractivity (Wildman–Crippen MR) is 84.1 cm³/mol. The van der Waals surface area contributed by atoms with E-state index in [1.165, 1.54) is 11.1 Å². The van der Waals surface area contributed by atoms with Crippen molar-refractivity contribution in [3.05, 3.63) is 71.8 Å². The molecular weight excluding hydrogens is 252 g/mol. The Labute approximate surface area is 120 Å². The standard InChI is InChI=1S/C16H18N2S/c1-17-16(19)18(2)15(13-9-5-3-6-10-13)14-11-7-4-8-12-14/h3-12,15H,1-2H3,(H,17,19). The van der Waals surface area contributed by atoms with Gasteiger partial charge in [-0.1, -0.05) is 60.7 Å². The van der Waals surface area contributed by atoms with E-state index in [9.17, 15) is 0 Å². The van der Waals surface area contributed by atoms with Crippen LogP contribution in [0.5, 0.6) is 0 Å². The lowest BCUT2D eigenvalue weighted by molar-refractivity contribution is 0.423. The van der Waals surface area contributed by atoms with Crippen LogP contribution in [0.25, 0.3) is 0 Å². The van der Waals surface area contributed by atoms with E-state index < -0.39 is 0 Å². The smallest absolute Gasteiger partial charge is 0.169 e. The minimum atomic E-state index is 0.127. The molecule has 2 aromatic carbocycles. The Balaban J connectivity index is 2.43. The third-order valence-corrected chi connectivity index (χ3v) is 3.64. The van der Waals surface area contributed by atoms with Gasteiger partial charge in [0.1, 0.15) is 0 Å². The fourth-order valence-electron chi connectivity index (χ4n) is 2.20. The zero-order valence-electron chi connectivity index (χ0n) is 11.2. The summed E-state index contributed by atoms with van der Waals surface area (Å²) in [7, 11) is 3.87. The highest BCUT2D eigenvalue weighted by Gasteiger charge is 2.20. The van der Waals surface area contributed by atoms with Crippen LogP contribution in [-0.4, -0.2) is 24.1 Å². The Bertz CT molecular complexity index is 485. The first-order valence-corrected chi connectivity index (χ1v) is 6.69. The zero-order valence-corrected chi connectivity index (χ0v) is 12.0. The lowest BCUT2D eigenvalue weighted by atomic mass is 9.98. The zero-order chi connectivity index (χ0) is 13.7. The molecule has 98 valence electrons. The van der Waals surface area contributed by atoms with Crippen LogP contribution in [0, 0.1) is 0 Å². The van der Waals surface area contributed by atoms with Gasteiger partial charge in [-0.3, -0.25) is 0 Å². The van der Waals surface area contributed by atoms with E-state index in [-0.39, 0.29) is 6.04 Å². The van der Waals surface area contributed by atoms with Crippen LogP contribution in [0.1, 0.15) is 17.2 Å². The maximum atomic E-state index is 5.37. The summed E-state index contributed by atoms with van der Waals surface area (Å²) < 4.78 is 0. The van der Waals surface area contributed by atoms with E-state index in [0.717, 1.165) is 5.11 Å². The molecule has 0 aliphatic heterocycles. The Morgan fingerprint density at radius 2 is 1.37 bits per heavy atom. The summed E-state index contributed by atoms with van der Waals surface area (Å²) >= 11 is 5.37. The number of rotatable bonds is 3. The Hall–Kier alpha value is -1.87. The van der Waals surface area contributed by atoms with Crippen LogP contribution in [0.4, 0.5) is 0 Å². The fraction of sp³-hybridized carbons (Fsp3) is 0.188. The molecule has 0 bridgehead atoms. The first-order valence-electron chi connectivity index (χ1n) is 6.28. The lowest BCUT2D eigenvalue weighted by Gasteiger charge is -2.30. The van der Waals surface area contributed by atoms with Gasteiger partial charge in [-0.25, -0.2) is 0 Å². The Morgan fingerprint density at radius 1 is 0.947 bits per heavy atom. The summed E-state index contributed by atoms with van der Waals surface area (Å²) in [5, 5.41) is 3.78. The molecule has 0 unspecified atom stereocenters. The van der Waals surface area contributed by atoms with Crippen molar-refractivity contribution in [1.29, 1.82) is 0 Å². The summed E-state index contributed by atoms with van der Waals surface area (Å²) in [6.07, 6.45) is 0. The van der Waals surface area contributed by atoms with Gasteiger partial charge in [-0.05, 0) is 23.3 Å². The molecule has 2 aromatic rings. The maximum Gasteiger partial charge on any atom is 0.169 e. The summed E-state index contributed by atoms with van der Waals surface area (Å²) in [5.74, 6) is 0. The third kappa shape index (κ3) is 3.12. The van der Waals surface area contributed by atoms with Crippen molar-refractivity contribution in [3.63, 3.8) is 0 Å². The molecule has 2 rings (SSSR count). The molecule has 0 aromatic heterocycles. The van der Waals surface area contributed by atoms with Crippen LogP contribution in [0.15, 0.2) is 60.7 Å². The largest absolute Gasteiger partial charge is 0.366 e. The number of nitrogens with zero attached hydrogens (tertiary/aromatic N) is 1. The summed E-state index contributed by atoms with van der Waals surface area (Å²) in [5.41, 5.74) is 2.46. The van der Waals surface area contributed by atoms with Crippen molar-refractivity contribution < 1.29 is 0 Å². The molecule has 0 aliphatic carbocycles. The summed E-state index contributed by atoms with van der Waals surface area (Å²) in [6.45, 7) is 0. The number of benzene rings is 2. The molecule has 19 heavy (non-hydrogen) atoms. The molecule has 0 saturated carbocycles. The fourth-order valence-corrected chi connectivity index (χ4v) is 2.31. The highest BCUT2D eigenvalue weighted by Crippen LogP contribution is 2.27. The highest BCUT2D eigenvalue weighted by atomic mass is 32.1. The normalized spacial score (nSPS) is 10.3.